The van der Waals surface area contributed by atoms with E-state index in [1.807, 2.05) is 5.92 Å². The van der Waals surface area contributed by atoms with E-state index in [1.165, 1.54) is 6.33 Å². The van der Waals surface area contributed by atoms with E-state index in [4.69, 9.17) is 20.7 Å². The van der Waals surface area contributed by atoms with Crippen LogP contribution in [0.25, 0.3) is 11.2 Å². The normalized spacial score (nSPS) is 20.4. The molecule has 9 heteroatoms. The molecule has 1 saturated heterocycles. The van der Waals surface area contributed by atoms with Gasteiger partial charge in [0.05, 0.1) is 19.0 Å². The summed E-state index contributed by atoms with van der Waals surface area (Å²) in [6.45, 7) is -0.167. The number of anilines is 1. The number of nitrogens with zero attached hydrogens (tertiary/aromatic N) is 3. The standard InChI is InChI=1S/C10H13N5O3.C3H4O/c11-10-13-8-7(9(17)14-10)12-4-15(8)6-2-1-5(3-16)18-6;1-2-3-4/h4-6,16H,1-3H2,(H3,11,13,14,17);1,4H,3H2. The van der Waals surface area contributed by atoms with Crippen molar-refractivity contribution in [2.24, 2.45) is 0 Å². The molecule has 22 heavy (non-hydrogen) atoms. The second-order valence-corrected chi connectivity index (χ2v) is 4.61. The van der Waals surface area contributed by atoms with Crippen LogP contribution in [0.2, 0.25) is 0 Å². The number of hydrogen-bond acceptors (Lipinski definition) is 7. The van der Waals surface area contributed by atoms with Crippen molar-refractivity contribution in [1.29, 1.82) is 0 Å². The topological polar surface area (TPSA) is 139 Å². The van der Waals surface area contributed by atoms with Crippen molar-refractivity contribution in [3.63, 3.8) is 0 Å². The summed E-state index contributed by atoms with van der Waals surface area (Å²) in [5.74, 6) is 2.03. The van der Waals surface area contributed by atoms with Crippen LogP contribution in [0.15, 0.2) is 11.1 Å². The molecule has 0 saturated carbocycles. The molecule has 3 heterocycles. The molecule has 9 nitrogen and oxygen atoms in total. The Labute approximate surface area is 125 Å². The molecule has 0 aliphatic carbocycles. The van der Waals surface area contributed by atoms with Gasteiger partial charge in [0.2, 0.25) is 5.95 Å². The van der Waals surface area contributed by atoms with Gasteiger partial charge in [0.25, 0.3) is 5.56 Å². The number of nitrogens with two attached hydrogens (primary N) is 1. The summed E-state index contributed by atoms with van der Waals surface area (Å²) >= 11 is 0. The number of rotatable bonds is 2. The van der Waals surface area contributed by atoms with E-state index in [0.717, 1.165) is 12.8 Å². The lowest BCUT2D eigenvalue weighted by Crippen LogP contribution is -2.16. The summed E-state index contributed by atoms with van der Waals surface area (Å²) in [4.78, 5) is 22.1. The largest absolute Gasteiger partial charge is 0.394 e. The summed E-state index contributed by atoms with van der Waals surface area (Å²) in [7, 11) is 0. The molecular weight excluding hydrogens is 290 g/mol. The Balaban J connectivity index is 0.000000396. The molecule has 0 bridgehead atoms. The lowest BCUT2D eigenvalue weighted by atomic mass is 10.2. The number of aromatic nitrogens is 4. The number of nitrogens with one attached hydrogen (secondary N) is 1. The van der Waals surface area contributed by atoms with Crippen molar-refractivity contribution in [2.75, 3.05) is 18.9 Å². The van der Waals surface area contributed by atoms with Gasteiger partial charge in [-0.1, -0.05) is 5.92 Å². The third kappa shape index (κ3) is 3.25. The molecule has 118 valence electrons. The van der Waals surface area contributed by atoms with E-state index < -0.39 is 0 Å². The maximum absolute atomic E-state index is 11.6. The number of terminal acetylenes is 1. The number of aromatic amines is 1. The molecule has 2 aromatic rings. The Morgan fingerprint density at radius 3 is 2.86 bits per heavy atom. The number of fused-ring (bicyclic) bond motifs is 1. The molecule has 0 spiro atoms. The van der Waals surface area contributed by atoms with Crippen molar-refractivity contribution in [3.8, 4) is 12.3 Å². The Morgan fingerprint density at radius 1 is 1.55 bits per heavy atom. The number of aliphatic hydroxyl groups is 2. The zero-order valence-electron chi connectivity index (χ0n) is 11.8. The Kier molecular flexibility index (Phi) is 5.11. The van der Waals surface area contributed by atoms with Crippen molar-refractivity contribution >= 4 is 17.1 Å². The second kappa shape index (κ2) is 7.04. The lowest BCUT2D eigenvalue weighted by Gasteiger charge is -2.13. The van der Waals surface area contributed by atoms with Crippen LogP contribution in [0.1, 0.15) is 19.1 Å². The quantitative estimate of drug-likeness (QED) is 0.521. The highest BCUT2D eigenvalue weighted by atomic mass is 16.5. The molecule has 0 aromatic carbocycles. The van der Waals surface area contributed by atoms with Crippen LogP contribution < -0.4 is 11.3 Å². The first-order chi connectivity index (χ1) is 10.6. The molecule has 5 N–H and O–H groups in total. The van der Waals surface area contributed by atoms with Crippen LogP contribution >= 0.6 is 0 Å². The first-order valence-corrected chi connectivity index (χ1v) is 6.63. The fraction of sp³-hybridized carbons (Fsp3) is 0.462. The van der Waals surface area contributed by atoms with Crippen LogP contribution in [0.4, 0.5) is 5.95 Å². The lowest BCUT2D eigenvalue weighted by molar-refractivity contribution is -0.0207. The first kappa shape index (κ1) is 16.0. The van der Waals surface area contributed by atoms with Gasteiger partial charge < -0.3 is 20.7 Å². The van der Waals surface area contributed by atoms with E-state index in [-0.39, 0.29) is 42.6 Å². The molecular formula is C13H17N5O4. The maximum atomic E-state index is 11.6. The van der Waals surface area contributed by atoms with Gasteiger partial charge in [-0.2, -0.15) is 4.98 Å². The number of nitrogen functional groups attached to an aromatic ring is 1. The monoisotopic (exact) mass is 307 g/mol. The van der Waals surface area contributed by atoms with E-state index in [1.54, 1.807) is 4.57 Å². The van der Waals surface area contributed by atoms with E-state index in [2.05, 4.69) is 21.4 Å². The fourth-order valence-electron chi connectivity index (χ4n) is 2.18. The average Bonchev–Trinajstić information content (AvgIpc) is 3.13. The van der Waals surface area contributed by atoms with Crippen molar-refractivity contribution in [1.82, 2.24) is 19.5 Å². The van der Waals surface area contributed by atoms with E-state index in [0.29, 0.717) is 5.65 Å². The third-order valence-electron chi connectivity index (χ3n) is 3.14. The zero-order chi connectivity index (χ0) is 16.1. The van der Waals surface area contributed by atoms with Gasteiger partial charge in [0.15, 0.2) is 11.2 Å². The van der Waals surface area contributed by atoms with Crippen LogP contribution in [-0.4, -0.2) is 49.0 Å². The number of ether oxygens (including phenoxy) is 1. The number of hydrogen-bond donors (Lipinski definition) is 4. The van der Waals surface area contributed by atoms with Crippen molar-refractivity contribution < 1.29 is 14.9 Å². The number of aliphatic hydroxyl groups excluding tert-OH is 2. The smallest absolute Gasteiger partial charge is 0.280 e. The minimum atomic E-state index is -0.368. The maximum Gasteiger partial charge on any atom is 0.280 e. The predicted octanol–water partition coefficient (Wildman–Crippen LogP) is -1.02. The summed E-state index contributed by atoms with van der Waals surface area (Å²) < 4.78 is 7.30. The van der Waals surface area contributed by atoms with Crippen LogP contribution in [-0.2, 0) is 4.74 Å². The Hall–Kier alpha value is -2.41. The molecule has 1 aliphatic rings. The average molecular weight is 307 g/mol. The van der Waals surface area contributed by atoms with Gasteiger partial charge in [-0.25, -0.2) is 4.98 Å². The zero-order valence-corrected chi connectivity index (χ0v) is 11.8. The first-order valence-electron chi connectivity index (χ1n) is 6.63. The van der Waals surface area contributed by atoms with Gasteiger partial charge in [0.1, 0.15) is 12.8 Å². The van der Waals surface area contributed by atoms with Gasteiger partial charge in [-0.05, 0) is 12.8 Å². The second-order valence-electron chi connectivity index (χ2n) is 4.61. The molecule has 2 aromatic heterocycles. The third-order valence-corrected chi connectivity index (χ3v) is 3.14. The highest BCUT2D eigenvalue weighted by Gasteiger charge is 2.27. The molecule has 0 amide bonds. The molecule has 2 unspecified atom stereocenters. The minimum absolute atomic E-state index is 0.0146. The van der Waals surface area contributed by atoms with Gasteiger partial charge >= 0.3 is 0 Å². The summed E-state index contributed by atoms with van der Waals surface area (Å²) in [6, 6.07) is 0. The molecule has 2 atom stereocenters. The molecule has 0 radical (unpaired) electrons. The predicted molar refractivity (Wildman–Crippen MR) is 78.7 cm³/mol. The summed E-state index contributed by atoms with van der Waals surface area (Å²) in [6.07, 6.45) is 7.11. The minimum Gasteiger partial charge on any atom is -0.394 e. The highest BCUT2D eigenvalue weighted by molar-refractivity contribution is 5.70. The van der Waals surface area contributed by atoms with Gasteiger partial charge in [-0.15, -0.1) is 6.42 Å². The number of H-pyrrole nitrogens is 1. The van der Waals surface area contributed by atoms with E-state index in [9.17, 15) is 4.79 Å². The molecule has 3 rings (SSSR count). The number of imidazole rings is 1. The van der Waals surface area contributed by atoms with Gasteiger partial charge in [0, 0.05) is 0 Å². The highest BCUT2D eigenvalue weighted by Crippen LogP contribution is 2.29. The SMILES string of the molecule is C#CCO.Nc1nc2c(ncn2C2CCC(CO)O2)c(=O)[nH]1. The fourth-order valence-corrected chi connectivity index (χ4v) is 2.18. The van der Waals surface area contributed by atoms with Crippen molar-refractivity contribution in [3.05, 3.63) is 16.7 Å². The Bertz CT molecular complexity index is 732. The van der Waals surface area contributed by atoms with Crippen LogP contribution in [0.3, 0.4) is 0 Å². The summed E-state index contributed by atoms with van der Waals surface area (Å²) in [5.41, 5.74) is 5.79. The Morgan fingerprint density at radius 2 is 2.27 bits per heavy atom. The van der Waals surface area contributed by atoms with Gasteiger partial charge in [-0.3, -0.25) is 14.3 Å². The van der Waals surface area contributed by atoms with E-state index >= 15 is 0 Å². The summed E-state index contributed by atoms with van der Waals surface area (Å²) in [5, 5.41) is 16.7. The van der Waals surface area contributed by atoms with Crippen LogP contribution in [0.5, 0.6) is 0 Å². The van der Waals surface area contributed by atoms with Crippen molar-refractivity contribution in [2.45, 2.75) is 25.2 Å². The molecule has 1 fully saturated rings. The van der Waals surface area contributed by atoms with Crippen LogP contribution in [0, 0.1) is 12.3 Å². The molecule has 1 aliphatic heterocycles.